The maximum atomic E-state index is 13.0. The molecule has 156 valence electrons. The number of nitrogens with one attached hydrogen (secondary N) is 1. The molecular formula is C21H16ClF3N2O3. The Kier molecular flexibility index (Phi) is 6.17. The number of halogens is 4. The fraction of sp³-hybridized carbons (Fsp3) is 0.143. The van der Waals surface area contributed by atoms with Crippen molar-refractivity contribution < 1.29 is 27.4 Å². The van der Waals surface area contributed by atoms with E-state index in [0.717, 1.165) is 12.1 Å². The van der Waals surface area contributed by atoms with Gasteiger partial charge in [-0.05, 0) is 48.5 Å². The lowest BCUT2D eigenvalue weighted by Gasteiger charge is -2.14. The van der Waals surface area contributed by atoms with Crippen molar-refractivity contribution in [1.82, 2.24) is 4.98 Å². The first-order chi connectivity index (χ1) is 14.2. The van der Waals surface area contributed by atoms with Gasteiger partial charge in [0.1, 0.15) is 17.2 Å². The molecule has 0 spiro atoms. The van der Waals surface area contributed by atoms with Crippen molar-refractivity contribution in [2.24, 2.45) is 0 Å². The molecule has 2 aromatic carbocycles. The summed E-state index contributed by atoms with van der Waals surface area (Å²) in [5.41, 5.74) is 0.242. The zero-order valence-corrected chi connectivity index (χ0v) is 16.6. The van der Waals surface area contributed by atoms with Crippen molar-refractivity contribution in [2.75, 3.05) is 19.5 Å². The van der Waals surface area contributed by atoms with E-state index in [1.165, 1.54) is 32.4 Å². The molecule has 1 heterocycles. The first-order valence-corrected chi connectivity index (χ1v) is 8.98. The van der Waals surface area contributed by atoms with Crippen LogP contribution in [-0.2, 0) is 6.18 Å². The molecule has 1 N–H and O–H groups in total. The molecule has 0 saturated heterocycles. The van der Waals surface area contributed by atoms with Crippen LogP contribution in [0.3, 0.4) is 0 Å². The summed E-state index contributed by atoms with van der Waals surface area (Å²) in [6.07, 6.45) is -3.04. The highest BCUT2D eigenvalue weighted by atomic mass is 35.5. The van der Waals surface area contributed by atoms with E-state index in [1.54, 1.807) is 24.4 Å². The molecule has 0 atom stereocenters. The molecule has 0 saturated carbocycles. The van der Waals surface area contributed by atoms with E-state index in [2.05, 4.69) is 10.3 Å². The zero-order valence-electron chi connectivity index (χ0n) is 15.9. The summed E-state index contributed by atoms with van der Waals surface area (Å²) >= 11 is 5.61. The van der Waals surface area contributed by atoms with Crippen LogP contribution in [0.1, 0.15) is 15.9 Å². The summed E-state index contributed by atoms with van der Waals surface area (Å²) in [6, 6.07) is 11.2. The Bertz CT molecular complexity index is 1090. The van der Waals surface area contributed by atoms with Crippen molar-refractivity contribution in [2.45, 2.75) is 6.18 Å². The number of pyridine rings is 1. The summed E-state index contributed by atoms with van der Waals surface area (Å²) in [5.74, 6) is 0.267. The van der Waals surface area contributed by atoms with Gasteiger partial charge in [-0.2, -0.15) is 13.2 Å². The van der Waals surface area contributed by atoms with E-state index in [4.69, 9.17) is 21.1 Å². The molecule has 5 nitrogen and oxygen atoms in total. The fourth-order valence-electron chi connectivity index (χ4n) is 2.81. The van der Waals surface area contributed by atoms with Gasteiger partial charge in [-0.25, -0.2) is 0 Å². The number of methoxy groups -OCH3 is 2. The second-order valence-electron chi connectivity index (χ2n) is 6.12. The lowest BCUT2D eigenvalue weighted by molar-refractivity contribution is -0.137. The largest absolute Gasteiger partial charge is 0.496 e. The van der Waals surface area contributed by atoms with E-state index in [-0.39, 0.29) is 11.3 Å². The Balaban J connectivity index is 1.91. The molecule has 30 heavy (non-hydrogen) atoms. The van der Waals surface area contributed by atoms with Crippen molar-refractivity contribution in [3.63, 3.8) is 0 Å². The topological polar surface area (TPSA) is 60.5 Å². The zero-order chi connectivity index (χ0) is 21.9. The van der Waals surface area contributed by atoms with Gasteiger partial charge in [-0.15, -0.1) is 0 Å². The molecular weight excluding hydrogens is 421 g/mol. The van der Waals surface area contributed by atoms with Crippen LogP contribution in [0.5, 0.6) is 11.5 Å². The van der Waals surface area contributed by atoms with Crippen molar-refractivity contribution >= 4 is 23.2 Å². The number of hydrogen-bond acceptors (Lipinski definition) is 4. The van der Waals surface area contributed by atoms with E-state index < -0.39 is 22.7 Å². The highest BCUT2D eigenvalue weighted by Gasteiger charge is 2.33. The molecule has 3 rings (SSSR count). The van der Waals surface area contributed by atoms with Gasteiger partial charge >= 0.3 is 6.18 Å². The number of rotatable bonds is 5. The Morgan fingerprint density at radius 1 is 1.03 bits per heavy atom. The standard InChI is InChI=1S/C21H16ClF3N2O3/c1-29-17-4-3-9-26-19(17)14-7-5-12(10-18(14)30-2)20(28)27-13-6-8-16(22)15(11-13)21(23,24)25/h3-11H,1-2H3,(H,27,28). The van der Waals surface area contributed by atoms with Gasteiger partial charge < -0.3 is 14.8 Å². The van der Waals surface area contributed by atoms with Crippen molar-refractivity contribution in [1.29, 1.82) is 0 Å². The van der Waals surface area contributed by atoms with Gasteiger partial charge in [-0.3, -0.25) is 9.78 Å². The smallest absolute Gasteiger partial charge is 0.417 e. The average Bonchev–Trinajstić information content (AvgIpc) is 2.73. The summed E-state index contributed by atoms with van der Waals surface area (Å²) in [7, 11) is 2.95. The van der Waals surface area contributed by atoms with Crippen LogP contribution in [-0.4, -0.2) is 25.1 Å². The van der Waals surface area contributed by atoms with Crippen LogP contribution in [0.25, 0.3) is 11.3 Å². The first kappa shape index (κ1) is 21.4. The summed E-state index contributed by atoms with van der Waals surface area (Å²) in [6.45, 7) is 0. The molecule has 0 unspecified atom stereocenters. The number of amides is 1. The third-order valence-corrected chi connectivity index (χ3v) is 4.57. The van der Waals surface area contributed by atoms with Crippen LogP contribution in [0.4, 0.5) is 18.9 Å². The van der Waals surface area contributed by atoms with Gasteiger partial charge in [-0.1, -0.05) is 11.6 Å². The van der Waals surface area contributed by atoms with Crippen LogP contribution < -0.4 is 14.8 Å². The normalized spacial score (nSPS) is 11.1. The summed E-state index contributed by atoms with van der Waals surface area (Å²) in [5, 5.41) is 1.99. The summed E-state index contributed by atoms with van der Waals surface area (Å²) in [4.78, 5) is 16.9. The molecule has 0 bridgehead atoms. The number of ether oxygens (including phenoxy) is 2. The third kappa shape index (κ3) is 4.49. The molecule has 0 radical (unpaired) electrons. The quantitative estimate of drug-likeness (QED) is 0.558. The Morgan fingerprint density at radius 3 is 2.43 bits per heavy atom. The predicted molar refractivity (Wildman–Crippen MR) is 107 cm³/mol. The minimum Gasteiger partial charge on any atom is -0.496 e. The minimum atomic E-state index is -4.63. The molecule has 1 aromatic heterocycles. The molecule has 0 aliphatic carbocycles. The predicted octanol–water partition coefficient (Wildman–Crippen LogP) is 5.69. The number of carbonyl (C=O) groups is 1. The molecule has 9 heteroatoms. The maximum Gasteiger partial charge on any atom is 0.417 e. The number of nitrogens with zero attached hydrogens (tertiary/aromatic N) is 1. The average molecular weight is 437 g/mol. The van der Waals surface area contributed by atoms with Gasteiger partial charge in [0.25, 0.3) is 5.91 Å². The Hall–Kier alpha value is -3.26. The van der Waals surface area contributed by atoms with Gasteiger partial charge in [0.2, 0.25) is 0 Å². The number of hydrogen-bond donors (Lipinski definition) is 1. The number of alkyl halides is 3. The SMILES string of the molecule is COc1cc(C(=O)Nc2ccc(Cl)c(C(F)(F)F)c2)ccc1-c1ncccc1OC. The minimum absolute atomic E-state index is 0.0360. The molecule has 0 fully saturated rings. The lowest BCUT2D eigenvalue weighted by atomic mass is 10.1. The van der Waals surface area contributed by atoms with Gasteiger partial charge in [0, 0.05) is 23.0 Å². The second kappa shape index (κ2) is 8.62. The van der Waals surface area contributed by atoms with Crippen molar-refractivity contribution in [3.05, 3.63) is 70.9 Å². The van der Waals surface area contributed by atoms with E-state index in [1.807, 2.05) is 0 Å². The monoisotopic (exact) mass is 436 g/mol. The molecule has 0 aliphatic rings. The number of anilines is 1. The maximum absolute atomic E-state index is 13.0. The van der Waals surface area contributed by atoms with Crippen LogP contribution in [0.2, 0.25) is 5.02 Å². The molecule has 3 aromatic rings. The Morgan fingerprint density at radius 2 is 1.77 bits per heavy atom. The Labute approximate surface area is 175 Å². The first-order valence-electron chi connectivity index (χ1n) is 8.60. The van der Waals surface area contributed by atoms with E-state index in [0.29, 0.717) is 22.8 Å². The van der Waals surface area contributed by atoms with E-state index in [9.17, 15) is 18.0 Å². The lowest BCUT2D eigenvalue weighted by Crippen LogP contribution is -2.13. The van der Waals surface area contributed by atoms with Crippen LogP contribution in [0.15, 0.2) is 54.7 Å². The highest BCUT2D eigenvalue weighted by Crippen LogP contribution is 2.37. The van der Waals surface area contributed by atoms with Gasteiger partial charge in [0.15, 0.2) is 0 Å². The van der Waals surface area contributed by atoms with Crippen LogP contribution in [0, 0.1) is 0 Å². The fourth-order valence-corrected chi connectivity index (χ4v) is 3.03. The number of aromatic nitrogens is 1. The summed E-state index contributed by atoms with van der Waals surface area (Å²) < 4.78 is 49.8. The molecule has 0 aliphatic heterocycles. The number of carbonyl (C=O) groups excluding carboxylic acids is 1. The van der Waals surface area contributed by atoms with Crippen molar-refractivity contribution in [3.8, 4) is 22.8 Å². The van der Waals surface area contributed by atoms with Gasteiger partial charge in [0.05, 0.1) is 24.8 Å². The highest BCUT2D eigenvalue weighted by molar-refractivity contribution is 6.31. The van der Waals surface area contributed by atoms with Crippen LogP contribution >= 0.6 is 11.6 Å². The third-order valence-electron chi connectivity index (χ3n) is 4.24. The number of benzene rings is 2. The second-order valence-corrected chi connectivity index (χ2v) is 6.52. The molecule has 1 amide bonds. The van der Waals surface area contributed by atoms with E-state index >= 15 is 0 Å².